The van der Waals surface area contributed by atoms with Crippen LogP contribution in [0.5, 0.6) is 5.75 Å². The number of hydrogen-bond acceptors (Lipinski definition) is 2. The van der Waals surface area contributed by atoms with Gasteiger partial charge in [0, 0.05) is 0 Å². The zero-order valence-corrected chi connectivity index (χ0v) is 8.88. The summed E-state index contributed by atoms with van der Waals surface area (Å²) in [5, 5.41) is 17.3. The highest BCUT2D eigenvalue weighted by molar-refractivity contribution is 5.90. The van der Waals surface area contributed by atoms with E-state index in [1.807, 2.05) is 0 Å². The van der Waals surface area contributed by atoms with Crippen LogP contribution in [0, 0.1) is 5.82 Å². The largest absolute Gasteiger partial charge is 0.507 e. The minimum atomic E-state index is -1.11. The molecule has 4 heteroatoms. The number of aromatic carboxylic acids is 1. The molecule has 0 fully saturated rings. The summed E-state index contributed by atoms with van der Waals surface area (Å²) >= 11 is 0. The van der Waals surface area contributed by atoms with Crippen LogP contribution >= 0.6 is 0 Å². The van der Waals surface area contributed by atoms with Crippen molar-refractivity contribution in [1.82, 2.24) is 0 Å². The summed E-state index contributed by atoms with van der Waals surface area (Å²) in [6.45, 7) is 0. The van der Waals surface area contributed by atoms with Crippen molar-refractivity contribution in [2.45, 2.75) is 0 Å². The first-order chi connectivity index (χ1) is 8.11. The number of para-hydroxylation sites is 1. The monoisotopic (exact) mass is 234 g/mol. The Morgan fingerprint density at radius 2 is 1.47 bits per heavy atom. The molecular weight excluding hydrogens is 223 g/mol. The molecule has 0 saturated carbocycles. The van der Waals surface area contributed by atoms with Gasteiger partial charge < -0.3 is 10.2 Å². The van der Waals surface area contributed by atoms with Gasteiger partial charge in [0.1, 0.15) is 17.1 Å². The maximum atomic E-state index is 11.9. The van der Waals surface area contributed by atoms with Gasteiger partial charge in [-0.15, -0.1) is 0 Å². The molecule has 2 rings (SSSR count). The van der Waals surface area contributed by atoms with Crippen LogP contribution < -0.4 is 0 Å². The average Bonchev–Trinajstić information content (AvgIpc) is 2.31. The first kappa shape index (κ1) is 12.7. The van der Waals surface area contributed by atoms with Gasteiger partial charge in [-0.3, -0.25) is 0 Å². The van der Waals surface area contributed by atoms with Gasteiger partial charge in [-0.2, -0.15) is 0 Å². The van der Waals surface area contributed by atoms with Crippen molar-refractivity contribution in [2.24, 2.45) is 0 Å². The van der Waals surface area contributed by atoms with Gasteiger partial charge >= 0.3 is 5.97 Å². The smallest absolute Gasteiger partial charge is 0.339 e. The van der Waals surface area contributed by atoms with Gasteiger partial charge in [0.05, 0.1) is 0 Å². The number of rotatable bonds is 1. The van der Waals surface area contributed by atoms with E-state index in [1.165, 1.54) is 24.3 Å². The molecule has 2 N–H and O–H groups in total. The van der Waals surface area contributed by atoms with Crippen molar-refractivity contribution in [3.05, 3.63) is 66.0 Å². The summed E-state index contributed by atoms with van der Waals surface area (Å²) in [5.41, 5.74) is -0.0671. The number of benzene rings is 2. The lowest BCUT2D eigenvalue weighted by Crippen LogP contribution is -1.95. The Bertz CT molecular complexity index is 483. The van der Waals surface area contributed by atoms with Gasteiger partial charge in [-0.25, -0.2) is 9.18 Å². The average molecular weight is 234 g/mol. The van der Waals surface area contributed by atoms with Gasteiger partial charge in [0.25, 0.3) is 0 Å². The van der Waals surface area contributed by atoms with E-state index < -0.39 is 5.97 Å². The Morgan fingerprint density at radius 3 is 1.82 bits per heavy atom. The second-order valence-electron chi connectivity index (χ2n) is 3.12. The van der Waals surface area contributed by atoms with Crippen molar-refractivity contribution in [2.75, 3.05) is 0 Å². The predicted molar refractivity (Wildman–Crippen MR) is 61.5 cm³/mol. The molecule has 88 valence electrons. The maximum absolute atomic E-state index is 11.9. The van der Waals surface area contributed by atoms with Crippen LogP contribution in [0.1, 0.15) is 10.4 Å². The Labute approximate surface area is 97.8 Å². The summed E-state index contributed by atoms with van der Waals surface area (Å²) in [5.74, 6) is -1.49. The maximum Gasteiger partial charge on any atom is 0.339 e. The Morgan fingerprint density at radius 1 is 0.941 bits per heavy atom. The second-order valence-corrected chi connectivity index (χ2v) is 3.12. The number of carboxylic acids is 1. The summed E-state index contributed by atoms with van der Waals surface area (Å²) in [4.78, 5) is 10.3. The fourth-order valence-corrected chi connectivity index (χ4v) is 1.07. The zero-order valence-electron chi connectivity index (χ0n) is 8.88. The third kappa shape index (κ3) is 4.34. The third-order valence-electron chi connectivity index (χ3n) is 1.87. The van der Waals surface area contributed by atoms with Crippen molar-refractivity contribution in [1.29, 1.82) is 0 Å². The molecule has 0 aromatic heterocycles. The molecule has 0 atom stereocenters. The Kier molecular flexibility index (Phi) is 4.69. The van der Waals surface area contributed by atoms with Crippen molar-refractivity contribution in [3.8, 4) is 5.75 Å². The lowest BCUT2D eigenvalue weighted by molar-refractivity contribution is 0.0693. The molecule has 0 spiro atoms. The molecule has 2 aromatic rings. The molecule has 17 heavy (non-hydrogen) atoms. The molecule has 0 bridgehead atoms. The second kappa shape index (κ2) is 6.27. The lowest BCUT2D eigenvalue weighted by Gasteiger charge is -1.95. The first-order valence-corrected chi connectivity index (χ1v) is 4.83. The number of aromatic hydroxyl groups is 1. The topological polar surface area (TPSA) is 57.5 Å². The van der Waals surface area contributed by atoms with E-state index in [2.05, 4.69) is 0 Å². The van der Waals surface area contributed by atoms with Crippen molar-refractivity contribution >= 4 is 5.97 Å². The standard InChI is InChI=1S/C7H6O3.C6H5F/c8-6-4-2-1-3-5(6)7(9)10;7-6-4-2-1-3-5-6/h1-4,8H,(H,9,10);1-5H. The highest BCUT2D eigenvalue weighted by Gasteiger charge is 2.05. The van der Waals surface area contributed by atoms with E-state index in [4.69, 9.17) is 10.2 Å². The van der Waals surface area contributed by atoms with Crippen LogP contribution in [0.25, 0.3) is 0 Å². The molecule has 0 saturated heterocycles. The van der Waals surface area contributed by atoms with Crippen LogP contribution in [0.3, 0.4) is 0 Å². The number of carboxylic acid groups (broad SMARTS) is 1. The van der Waals surface area contributed by atoms with E-state index in [0.717, 1.165) is 0 Å². The third-order valence-corrected chi connectivity index (χ3v) is 1.87. The molecule has 0 heterocycles. The van der Waals surface area contributed by atoms with Gasteiger partial charge in [-0.05, 0) is 24.3 Å². The van der Waals surface area contributed by atoms with E-state index in [0.29, 0.717) is 0 Å². The van der Waals surface area contributed by atoms with E-state index in [-0.39, 0.29) is 17.1 Å². The van der Waals surface area contributed by atoms with Gasteiger partial charge in [0.15, 0.2) is 0 Å². The van der Waals surface area contributed by atoms with Crippen LogP contribution in [-0.2, 0) is 0 Å². The SMILES string of the molecule is Fc1ccccc1.O=C(O)c1ccccc1O. The molecule has 2 aromatic carbocycles. The molecule has 0 unspecified atom stereocenters. The summed E-state index contributed by atoms with van der Waals surface area (Å²) < 4.78 is 11.9. The van der Waals surface area contributed by atoms with E-state index in [1.54, 1.807) is 30.3 Å². The van der Waals surface area contributed by atoms with Crippen LogP contribution in [0.2, 0.25) is 0 Å². The predicted octanol–water partition coefficient (Wildman–Crippen LogP) is 2.92. The number of phenols is 1. The van der Waals surface area contributed by atoms with E-state index >= 15 is 0 Å². The normalized spacial score (nSPS) is 9.00. The molecular formula is C13H11FO3. The van der Waals surface area contributed by atoms with E-state index in [9.17, 15) is 9.18 Å². The van der Waals surface area contributed by atoms with Crippen LogP contribution in [-0.4, -0.2) is 16.2 Å². The van der Waals surface area contributed by atoms with Crippen LogP contribution in [0.15, 0.2) is 54.6 Å². The highest BCUT2D eigenvalue weighted by Crippen LogP contribution is 2.14. The van der Waals surface area contributed by atoms with Crippen molar-refractivity contribution in [3.63, 3.8) is 0 Å². The Hall–Kier alpha value is -2.36. The molecule has 0 aliphatic heterocycles. The minimum Gasteiger partial charge on any atom is -0.507 e. The first-order valence-electron chi connectivity index (χ1n) is 4.83. The molecule has 0 amide bonds. The van der Waals surface area contributed by atoms with Gasteiger partial charge in [0.2, 0.25) is 0 Å². The minimum absolute atomic E-state index is 0.0671. The fraction of sp³-hybridized carbons (Fsp3) is 0. The molecule has 0 aliphatic carbocycles. The molecule has 3 nitrogen and oxygen atoms in total. The zero-order chi connectivity index (χ0) is 12.7. The summed E-state index contributed by atoms with van der Waals surface area (Å²) in [6.07, 6.45) is 0. The number of halogens is 1. The summed E-state index contributed by atoms with van der Waals surface area (Å²) in [6, 6.07) is 13.7. The summed E-state index contributed by atoms with van der Waals surface area (Å²) in [7, 11) is 0. The quantitative estimate of drug-likeness (QED) is 0.797. The van der Waals surface area contributed by atoms with Crippen LogP contribution in [0.4, 0.5) is 4.39 Å². The van der Waals surface area contributed by atoms with Crippen molar-refractivity contribution < 1.29 is 19.4 Å². The molecule has 0 radical (unpaired) electrons. The van der Waals surface area contributed by atoms with Gasteiger partial charge in [-0.1, -0.05) is 30.3 Å². The Balaban J connectivity index is 0.000000181. The number of carbonyl (C=O) groups is 1. The highest BCUT2D eigenvalue weighted by atomic mass is 19.1. The lowest BCUT2D eigenvalue weighted by atomic mass is 10.2. The fourth-order valence-electron chi connectivity index (χ4n) is 1.07. The number of hydrogen-bond donors (Lipinski definition) is 2. The molecule has 0 aliphatic rings.